The zero-order chi connectivity index (χ0) is 23.3. The topological polar surface area (TPSA) is 107 Å². The van der Waals surface area contributed by atoms with Crippen molar-refractivity contribution in [2.24, 2.45) is 0 Å². The summed E-state index contributed by atoms with van der Waals surface area (Å²) in [5.41, 5.74) is 0.233. The number of thiocarbonyl (C=S) groups is 1. The van der Waals surface area contributed by atoms with Crippen molar-refractivity contribution >= 4 is 57.7 Å². The Morgan fingerprint density at radius 3 is 2.56 bits per heavy atom. The summed E-state index contributed by atoms with van der Waals surface area (Å²) >= 11 is 6.22. The number of nitro groups is 1. The van der Waals surface area contributed by atoms with E-state index < -0.39 is 22.6 Å². The first-order chi connectivity index (χ1) is 15.3. The molecule has 1 aliphatic heterocycles. The molecule has 1 saturated heterocycles. The third kappa shape index (κ3) is 5.16. The van der Waals surface area contributed by atoms with Gasteiger partial charge in [-0.2, -0.15) is 0 Å². The fourth-order valence-electron chi connectivity index (χ4n) is 2.76. The molecule has 0 aliphatic carbocycles. The largest absolute Gasteiger partial charge is 0.462 e. The van der Waals surface area contributed by atoms with Gasteiger partial charge in [-0.3, -0.25) is 24.6 Å². The van der Waals surface area contributed by atoms with E-state index in [0.717, 1.165) is 22.9 Å². The van der Waals surface area contributed by atoms with E-state index in [0.29, 0.717) is 5.56 Å². The average Bonchev–Trinajstić information content (AvgIpc) is 3.04. The number of nitro benzene ring substituents is 1. The number of ether oxygens (including phenoxy) is 1. The van der Waals surface area contributed by atoms with Gasteiger partial charge in [0.25, 0.3) is 11.6 Å². The quantitative estimate of drug-likeness (QED) is 0.0873. The van der Waals surface area contributed by atoms with Gasteiger partial charge in [0.15, 0.2) is 4.32 Å². The van der Waals surface area contributed by atoms with Crippen molar-refractivity contribution in [2.75, 3.05) is 6.61 Å². The molecule has 0 bridgehead atoms. The van der Waals surface area contributed by atoms with Crippen molar-refractivity contribution in [2.45, 2.75) is 6.92 Å². The minimum Gasteiger partial charge on any atom is -0.462 e. The summed E-state index contributed by atoms with van der Waals surface area (Å²) in [6.07, 6.45) is 2.54. The van der Waals surface area contributed by atoms with Crippen LogP contribution in [0.1, 0.15) is 22.8 Å². The molecule has 3 rings (SSSR count). The van der Waals surface area contributed by atoms with Gasteiger partial charge in [-0.15, -0.1) is 0 Å². The fourth-order valence-corrected chi connectivity index (χ4v) is 3.97. The van der Waals surface area contributed by atoms with Crippen molar-refractivity contribution in [3.63, 3.8) is 0 Å². The molecule has 32 heavy (non-hydrogen) atoms. The Kier molecular flexibility index (Phi) is 7.29. The smallest absolute Gasteiger partial charge is 0.343 e. The third-order valence-electron chi connectivity index (χ3n) is 4.24. The van der Waals surface area contributed by atoms with E-state index in [1.807, 2.05) is 0 Å². The molecule has 0 radical (unpaired) electrons. The van der Waals surface area contributed by atoms with Crippen molar-refractivity contribution in [3.8, 4) is 0 Å². The SMILES string of the molecule is CCOC(=O)C(=CN1C(=O)C(=Cc2cccc([N+](=O)[O-])c2)SC1=S)C(=O)c1ccccc1. The van der Waals surface area contributed by atoms with Gasteiger partial charge in [-0.1, -0.05) is 66.4 Å². The van der Waals surface area contributed by atoms with Crippen LogP contribution in [0.3, 0.4) is 0 Å². The van der Waals surface area contributed by atoms with Gasteiger partial charge in [0.1, 0.15) is 5.57 Å². The number of benzene rings is 2. The van der Waals surface area contributed by atoms with Crippen LogP contribution in [0, 0.1) is 10.1 Å². The van der Waals surface area contributed by atoms with Crippen molar-refractivity contribution in [3.05, 3.63) is 92.5 Å². The maximum atomic E-state index is 12.9. The normalized spacial score (nSPS) is 15.2. The highest BCUT2D eigenvalue weighted by Gasteiger charge is 2.33. The van der Waals surface area contributed by atoms with E-state index in [1.54, 1.807) is 43.3 Å². The predicted molar refractivity (Wildman–Crippen MR) is 124 cm³/mol. The zero-order valence-electron chi connectivity index (χ0n) is 16.7. The molecule has 8 nitrogen and oxygen atoms in total. The van der Waals surface area contributed by atoms with Crippen LogP contribution in [-0.2, 0) is 14.3 Å². The molecule has 0 spiro atoms. The summed E-state index contributed by atoms with van der Waals surface area (Å²) in [5.74, 6) is -2.05. The lowest BCUT2D eigenvalue weighted by molar-refractivity contribution is -0.384. The first kappa shape index (κ1) is 23.0. The average molecular weight is 469 g/mol. The van der Waals surface area contributed by atoms with Gasteiger partial charge in [0.2, 0.25) is 5.78 Å². The summed E-state index contributed by atoms with van der Waals surface area (Å²) < 4.78 is 5.10. The molecular weight excluding hydrogens is 452 g/mol. The number of non-ortho nitro benzene ring substituents is 1. The zero-order valence-corrected chi connectivity index (χ0v) is 18.4. The first-order valence-electron chi connectivity index (χ1n) is 9.32. The number of carbonyl (C=O) groups is 3. The summed E-state index contributed by atoms with van der Waals surface area (Å²) in [7, 11) is 0. The monoisotopic (exact) mass is 468 g/mol. The van der Waals surface area contributed by atoms with E-state index >= 15 is 0 Å². The van der Waals surface area contributed by atoms with Gasteiger partial charge >= 0.3 is 5.97 Å². The summed E-state index contributed by atoms with van der Waals surface area (Å²) in [4.78, 5) is 49.9. The molecule has 1 aliphatic rings. The minimum atomic E-state index is -0.877. The fraction of sp³-hybridized carbons (Fsp3) is 0.0909. The lowest BCUT2D eigenvalue weighted by Crippen LogP contribution is -2.26. The number of amides is 1. The number of rotatable bonds is 7. The molecule has 0 saturated carbocycles. The van der Waals surface area contributed by atoms with Crippen LogP contribution in [-0.4, -0.2) is 38.4 Å². The molecule has 0 atom stereocenters. The lowest BCUT2D eigenvalue weighted by atomic mass is 10.0. The molecular formula is C22H16N2O6S2. The Bertz CT molecular complexity index is 1170. The van der Waals surface area contributed by atoms with Gasteiger partial charge in [0, 0.05) is 23.9 Å². The van der Waals surface area contributed by atoms with Crippen LogP contribution in [0.15, 0.2) is 71.3 Å². The Morgan fingerprint density at radius 1 is 1.19 bits per heavy atom. The van der Waals surface area contributed by atoms with E-state index in [4.69, 9.17) is 17.0 Å². The molecule has 1 amide bonds. The van der Waals surface area contributed by atoms with Crippen molar-refractivity contribution in [1.29, 1.82) is 0 Å². The van der Waals surface area contributed by atoms with Crippen LogP contribution in [0.5, 0.6) is 0 Å². The molecule has 2 aromatic rings. The number of esters is 1. The maximum absolute atomic E-state index is 12.9. The molecule has 0 unspecified atom stereocenters. The Hall–Kier alpha value is -3.63. The number of carbonyl (C=O) groups excluding carboxylic acids is 3. The number of hydrogen-bond acceptors (Lipinski definition) is 8. The highest BCUT2D eigenvalue weighted by molar-refractivity contribution is 8.26. The Balaban J connectivity index is 1.96. The van der Waals surface area contributed by atoms with Crippen LogP contribution in [0.4, 0.5) is 5.69 Å². The molecule has 1 fully saturated rings. The Morgan fingerprint density at radius 2 is 1.91 bits per heavy atom. The second-order valence-electron chi connectivity index (χ2n) is 6.36. The highest BCUT2D eigenvalue weighted by Crippen LogP contribution is 2.34. The standard InChI is InChI=1S/C22H16N2O6S2/c1-2-30-21(27)17(19(25)15-8-4-3-5-9-15)13-23-20(26)18(32-22(23)31)12-14-7-6-10-16(11-14)24(28)29/h3-13H,2H2,1H3. The summed E-state index contributed by atoms with van der Waals surface area (Å²) in [6.45, 7) is 1.65. The number of thioether (sulfide) groups is 1. The van der Waals surface area contributed by atoms with E-state index in [2.05, 4.69) is 0 Å². The van der Waals surface area contributed by atoms with Crippen molar-refractivity contribution in [1.82, 2.24) is 4.90 Å². The third-order valence-corrected chi connectivity index (χ3v) is 5.57. The van der Waals surface area contributed by atoms with Gasteiger partial charge in [0.05, 0.1) is 16.4 Å². The van der Waals surface area contributed by atoms with E-state index in [-0.39, 0.29) is 32.7 Å². The number of nitrogens with zero attached hydrogens (tertiary/aromatic N) is 2. The molecule has 1 heterocycles. The lowest BCUT2D eigenvalue weighted by Gasteiger charge is -2.12. The van der Waals surface area contributed by atoms with Crippen LogP contribution >= 0.6 is 24.0 Å². The van der Waals surface area contributed by atoms with Crippen LogP contribution in [0.25, 0.3) is 6.08 Å². The number of hydrogen-bond donors (Lipinski definition) is 0. The molecule has 2 aromatic carbocycles. The first-order valence-corrected chi connectivity index (χ1v) is 10.5. The molecule has 10 heteroatoms. The number of Topliss-reactive ketones (excluding diaryl/α,β-unsaturated/α-hetero) is 1. The molecule has 162 valence electrons. The maximum Gasteiger partial charge on any atom is 0.343 e. The van der Waals surface area contributed by atoms with E-state index in [9.17, 15) is 24.5 Å². The molecule has 0 N–H and O–H groups in total. The van der Waals surface area contributed by atoms with E-state index in [1.165, 1.54) is 24.3 Å². The number of ketones is 1. The van der Waals surface area contributed by atoms with Gasteiger partial charge in [-0.05, 0) is 18.6 Å². The van der Waals surface area contributed by atoms with Crippen molar-refractivity contribution < 1.29 is 24.0 Å². The Labute approximate surface area is 192 Å². The summed E-state index contributed by atoms with van der Waals surface area (Å²) in [5, 5.41) is 11.0. The van der Waals surface area contributed by atoms with Crippen LogP contribution < -0.4 is 0 Å². The summed E-state index contributed by atoms with van der Waals surface area (Å²) in [6, 6.07) is 13.9. The highest BCUT2D eigenvalue weighted by atomic mass is 32.2. The second kappa shape index (κ2) is 10.1. The van der Waals surface area contributed by atoms with Crippen LogP contribution in [0.2, 0.25) is 0 Å². The van der Waals surface area contributed by atoms with Gasteiger partial charge in [-0.25, -0.2) is 4.79 Å². The van der Waals surface area contributed by atoms with Gasteiger partial charge < -0.3 is 4.74 Å². The predicted octanol–water partition coefficient (Wildman–Crippen LogP) is 4.13. The second-order valence-corrected chi connectivity index (χ2v) is 8.04. The minimum absolute atomic E-state index is 0.0450. The molecule has 0 aromatic heterocycles.